The van der Waals surface area contributed by atoms with Crippen molar-refractivity contribution in [3.05, 3.63) is 47.9 Å². The Labute approximate surface area is 128 Å². The lowest BCUT2D eigenvalue weighted by Crippen LogP contribution is -2.26. The van der Waals surface area contributed by atoms with E-state index < -0.39 is 10.0 Å². The summed E-state index contributed by atoms with van der Waals surface area (Å²) in [7, 11) is -1.91. The lowest BCUT2D eigenvalue weighted by atomic mass is 10.2. The van der Waals surface area contributed by atoms with Gasteiger partial charge in [-0.25, -0.2) is 13.1 Å². The van der Waals surface area contributed by atoms with Crippen LogP contribution in [0.3, 0.4) is 0 Å². The summed E-state index contributed by atoms with van der Waals surface area (Å²) in [5.41, 5.74) is 1.50. The molecule has 22 heavy (non-hydrogen) atoms. The second-order valence-corrected chi connectivity index (χ2v) is 6.91. The maximum Gasteiger partial charge on any atom is 0.240 e. The van der Waals surface area contributed by atoms with Crippen LogP contribution in [-0.2, 0) is 27.7 Å². The lowest BCUT2D eigenvalue weighted by molar-refractivity contribution is -0.117. The molecule has 1 aliphatic heterocycles. The molecule has 7 heteroatoms. The van der Waals surface area contributed by atoms with Crippen molar-refractivity contribution in [2.45, 2.75) is 17.7 Å². The van der Waals surface area contributed by atoms with Crippen LogP contribution in [0.15, 0.2) is 45.9 Å². The van der Waals surface area contributed by atoms with Crippen molar-refractivity contribution in [1.29, 1.82) is 0 Å². The fraction of sp³-hybridized carbons (Fsp3) is 0.267. The first-order chi connectivity index (χ1) is 10.5. The lowest BCUT2D eigenvalue weighted by Gasteiger charge is -2.11. The van der Waals surface area contributed by atoms with E-state index in [-0.39, 0.29) is 23.8 Å². The molecule has 2 aromatic rings. The van der Waals surface area contributed by atoms with E-state index in [0.29, 0.717) is 6.42 Å². The molecule has 1 aromatic carbocycles. The smallest absolute Gasteiger partial charge is 0.240 e. The van der Waals surface area contributed by atoms with Gasteiger partial charge in [0.25, 0.3) is 0 Å². The second kappa shape index (κ2) is 5.58. The standard InChI is InChI=1S/C15H16N2O4S/c1-17-14-5-4-13(9-11(14)10-15(17)18)22(19,20)16-7-6-12-3-2-8-21-12/h2-5,8-9,16H,6-7,10H2,1H3. The average Bonchev–Trinajstić information content (AvgIpc) is 3.08. The van der Waals surface area contributed by atoms with Gasteiger partial charge in [0, 0.05) is 25.7 Å². The second-order valence-electron chi connectivity index (χ2n) is 5.15. The van der Waals surface area contributed by atoms with E-state index in [1.54, 1.807) is 37.6 Å². The topological polar surface area (TPSA) is 79.6 Å². The normalized spacial score (nSPS) is 14.4. The minimum atomic E-state index is -3.59. The molecule has 0 radical (unpaired) electrons. The third kappa shape index (κ3) is 2.77. The van der Waals surface area contributed by atoms with Crippen molar-refractivity contribution in [3.63, 3.8) is 0 Å². The molecule has 0 saturated heterocycles. The number of benzene rings is 1. The third-order valence-corrected chi connectivity index (χ3v) is 5.14. The van der Waals surface area contributed by atoms with Gasteiger partial charge in [0.2, 0.25) is 15.9 Å². The van der Waals surface area contributed by atoms with E-state index in [9.17, 15) is 13.2 Å². The fourth-order valence-electron chi connectivity index (χ4n) is 2.46. The third-order valence-electron chi connectivity index (χ3n) is 3.68. The predicted octanol–water partition coefficient (Wildman–Crippen LogP) is 1.32. The Bertz CT molecular complexity index is 797. The van der Waals surface area contributed by atoms with E-state index in [1.165, 1.54) is 11.0 Å². The monoisotopic (exact) mass is 320 g/mol. The summed E-state index contributed by atoms with van der Waals surface area (Å²) in [6, 6.07) is 8.30. The minimum Gasteiger partial charge on any atom is -0.469 e. The number of amides is 1. The molecule has 1 aromatic heterocycles. The Morgan fingerprint density at radius 2 is 2.14 bits per heavy atom. The Morgan fingerprint density at radius 3 is 2.86 bits per heavy atom. The van der Waals surface area contributed by atoms with Crippen molar-refractivity contribution in [2.24, 2.45) is 0 Å². The Balaban J connectivity index is 1.73. The molecule has 0 fully saturated rings. The summed E-state index contributed by atoms with van der Waals surface area (Å²) in [5, 5.41) is 0. The summed E-state index contributed by atoms with van der Waals surface area (Å²) in [6.45, 7) is 0.256. The van der Waals surface area contributed by atoms with Crippen LogP contribution in [0.2, 0.25) is 0 Å². The van der Waals surface area contributed by atoms with Crippen LogP contribution in [0.25, 0.3) is 0 Å². The van der Waals surface area contributed by atoms with E-state index in [1.807, 2.05) is 0 Å². The van der Waals surface area contributed by atoms with Gasteiger partial charge in [-0.05, 0) is 35.9 Å². The van der Waals surface area contributed by atoms with Crippen molar-refractivity contribution in [2.75, 3.05) is 18.5 Å². The summed E-state index contributed by atoms with van der Waals surface area (Å²) in [6.07, 6.45) is 2.28. The van der Waals surface area contributed by atoms with Crippen LogP contribution in [0.4, 0.5) is 5.69 Å². The molecule has 0 unspecified atom stereocenters. The minimum absolute atomic E-state index is 0.0321. The zero-order valence-corrected chi connectivity index (χ0v) is 12.9. The summed E-state index contributed by atoms with van der Waals surface area (Å²) in [4.78, 5) is 13.4. The molecule has 0 aliphatic carbocycles. The van der Waals surface area contributed by atoms with Crippen LogP contribution in [0, 0.1) is 0 Å². The molecule has 1 aliphatic rings. The fourth-order valence-corrected chi connectivity index (χ4v) is 3.54. The number of rotatable bonds is 5. The number of likely N-dealkylation sites (N-methyl/N-ethyl adjacent to an activating group) is 1. The van der Waals surface area contributed by atoms with Crippen LogP contribution in [0.5, 0.6) is 0 Å². The van der Waals surface area contributed by atoms with Gasteiger partial charge in [-0.15, -0.1) is 0 Å². The Hall–Kier alpha value is -2.12. The van der Waals surface area contributed by atoms with Gasteiger partial charge in [0.1, 0.15) is 5.76 Å². The quantitative estimate of drug-likeness (QED) is 0.901. The molecule has 0 bridgehead atoms. The molecule has 0 spiro atoms. The van der Waals surface area contributed by atoms with Crippen LogP contribution >= 0.6 is 0 Å². The molecule has 0 saturated carbocycles. The number of furan rings is 1. The van der Waals surface area contributed by atoms with Crippen molar-refractivity contribution in [1.82, 2.24) is 4.72 Å². The first kappa shape index (κ1) is 14.8. The molecule has 6 nitrogen and oxygen atoms in total. The van der Waals surface area contributed by atoms with Crippen LogP contribution < -0.4 is 9.62 Å². The highest BCUT2D eigenvalue weighted by Gasteiger charge is 2.26. The molecule has 116 valence electrons. The number of fused-ring (bicyclic) bond motifs is 1. The van der Waals surface area contributed by atoms with Crippen molar-refractivity contribution >= 4 is 21.6 Å². The van der Waals surface area contributed by atoms with Gasteiger partial charge in [0.15, 0.2) is 0 Å². The van der Waals surface area contributed by atoms with E-state index in [2.05, 4.69) is 4.72 Å². The number of carbonyl (C=O) groups excluding carboxylic acids is 1. The highest BCUT2D eigenvalue weighted by atomic mass is 32.2. The van der Waals surface area contributed by atoms with Gasteiger partial charge < -0.3 is 9.32 Å². The van der Waals surface area contributed by atoms with Crippen molar-refractivity contribution in [3.8, 4) is 0 Å². The molecule has 2 heterocycles. The molecular weight excluding hydrogens is 304 g/mol. The van der Waals surface area contributed by atoms with E-state index >= 15 is 0 Å². The Morgan fingerprint density at radius 1 is 1.32 bits per heavy atom. The zero-order valence-electron chi connectivity index (χ0n) is 12.1. The van der Waals surface area contributed by atoms with Gasteiger partial charge in [-0.1, -0.05) is 0 Å². The molecule has 3 rings (SSSR count). The first-order valence-electron chi connectivity index (χ1n) is 6.89. The average molecular weight is 320 g/mol. The number of carbonyl (C=O) groups is 1. The van der Waals surface area contributed by atoms with Crippen LogP contribution in [-0.4, -0.2) is 27.9 Å². The SMILES string of the molecule is CN1C(=O)Cc2cc(S(=O)(=O)NCCc3ccco3)ccc21. The highest BCUT2D eigenvalue weighted by Crippen LogP contribution is 2.29. The summed E-state index contributed by atoms with van der Waals surface area (Å²) < 4.78 is 32.3. The number of hydrogen-bond acceptors (Lipinski definition) is 4. The van der Waals surface area contributed by atoms with E-state index in [4.69, 9.17) is 4.42 Å². The Kier molecular flexibility index (Phi) is 3.76. The maximum atomic E-state index is 12.3. The number of nitrogens with zero attached hydrogens (tertiary/aromatic N) is 1. The summed E-state index contributed by atoms with van der Waals surface area (Å²) in [5.74, 6) is 0.694. The van der Waals surface area contributed by atoms with Gasteiger partial charge in [-0.2, -0.15) is 0 Å². The zero-order chi connectivity index (χ0) is 15.7. The van der Waals surface area contributed by atoms with Gasteiger partial charge in [0.05, 0.1) is 17.6 Å². The summed E-state index contributed by atoms with van der Waals surface area (Å²) >= 11 is 0. The first-order valence-corrected chi connectivity index (χ1v) is 8.37. The van der Waals surface area contributed by atoms with E-state index in [0.717, 1.165) is 17.0 Å². The van der Waals surface area contributed by atoms with Crippen LogP contribution in [0.1, 0.15) is 11.3 Å². The number of anilines is 1. The van der Waals surface area contributed by atoms with Gasteiger partial charge in [-0.3, -0.25) is 4.79 Å². The number of nitrogens with one attached hydrogen (secondary N) is 1. The number of hydrogen-bond donors (Lipinski definition) is 1. The van der Waals surface area contributed by atoms with Crippen molar-refractivity contribution < 1.29 is 17.6 Å². The predicted molar refractivity (Wildman–Crippen MR) is 81.2 cm³/mol. The molecule has 0 atom stereocenters. The number of sulfonamides is 1. The van der Waals surface area contributed by atoms with Gasteiger partial charge >= 0.3 is 0 Å². The molecular formula is C15H16N2O4S. The molecule has 1 amide bonds. The highest BCUT2D eigenvalue weighted by molar-refractivity contribution is 7.89. The molecule has 1 N–H and O–H groups in total. The maximum absolute atomic E-state index is 12.3. The largest absolute Gasteiger partial charge is 0.469 e.